The minimum atomic E-state index is -0.314. The Kier molecular flexibility index (Phi) is 4.88. The van der Waals surface area contributed by atoms with Crippen molar-refractivity contribution in [3.63, 3.8) is 0 Å². The minimum Gasteiger partial charge on any atom is -0.494 e. The summed E-state index contributed by atoms with van der Waals surface area (Å²) in [6, 6.07) is 15.7. The molecule has 2 aromatic carbocycles. The molecule has 32 heavy (non-hydrogen) atoms. The fraction of sp³-hybridized carbons (Fsp3) is 0.346. The Bertz CT molecular complexity index is 1220. The number of hydrogen-bond donors (Lipinski definition) is 1. The Hall–Kier alpha value is -3.41. The van der Waals surface area contributed by atoms with Crippen LogP contribution in [0.2, 0.25) is 0 Å². The molecule has 0 radical (unpaired) electrons. The zero-order valence-corrected chi connectivity index (χ0v) is 19.0. The third-order valence-corrected chi connectivity index (χ3v) is 6.22. The predicted molar refractivity (Wildman–Crippen MR) is 125 cm³/mol. The summed E-state index contributed by atoms with van der Waals surface area (Å²) >= 11 is 0. The lowest BCUT2D eigenvalue weighted by Crippen LogP contribution is -2.36. The fourth-order valence-electron chi connectivity index (χ4n) is 4.77. The topological polar surface area (TPSA) is 69.0 Å². The van der Waals surface area contributed by atoms with Crippen LogP contribution in [-0.2, 0) is 4.79 Å². The number of Topliss-reactive ketones (excluding diaryl/α,β-unsaturated/α-hetero) is 1. The number of nitrogens with zero attached hydrogens (tertiary/aromatic N) is 3. The number of carbonyl (C=O) groups is 1. The summed E-state index contributed by atoms with van der Waals surface area (Å²) in [7, 11) is 0. The van der Waals surface area contributed by atoms with Crippen LogP contribution in [0.25, 0.3) is 11.4 Å². The average molecular weight is 429 g/mol. The fourth-order valence-corrected chi connectivity index (χ4v) is 4.77. The van der Waals surface area contributed by atoms with Crippen molar-refractivity contribution < 1.29 is 9.53 Å². The molecular weight excluding hydrogens is 400 g/mol. The zero-order chi connectivity index (χ0) is 22.5. The lowest BCUT2D eigenvalue weighted by atomic mass is 9.73. The van der Waals surface area contributed by atoms with Crippen molar-refractivity contribution in [3.05, 3.63) is 70.9 Å². The number of rotatable bonds is 4. The van der Waals surface area contributed by atoms with Crippen LogP contribution in [0.1, 0.15) is 50.8 Å². The van der Waals surface area contributed by atoms with Gasteiger partial charge in [-0.2, -0.15) is 4.98 Å². The molecule has 1 aromatic heterocycles. The minimum absolute atomic E-state index is 0.0900. The van der Waals surface area contributed by atoms with Gasteiger partial charge in [-0.1, -0.05) is 50.2 Å². The highest BCUT2D eigenvalue weighted by Crippen LogP contribution is 2.45. The number of anilines is 1. The number of aryl methyl sites for hydroxylation is 1. The van der Waals surface area contributed by atoms with E-state index in [4.69, 9.17) is 14.8 Å². The number of nitrogens with one attached hydrogen (secondary N) is 1. The number of ketones is 1. The smallest absolute Gasteiger partial charge is 0.226 e. The summed E-state index contributed by atoms with van der Waals surface area (Å²) in [4.78, 5) is 18.2. The van der Waals surface area contributed by atoms with E-state index in [2.05, 4.69) is 32.2 Å². The Morgan fingerprint density at radius 1 is 1.12 bits per heavy atom. The second-order valence-electron chi connectivity index (χ2n) is 9.38. The highest BCUT2D eigenvalue weighted by molar-refractivity contribution is 6.00. The molecular formula is C26H28N4O2. The van der Waals surface area contributed by atoms with Crippen molar-refractivity contribution in [3.8, 4) is 17.1 Å². The highest BCUT2D eigenvalue weighted by atomic mass is 16.5. The summed E-state index contributed by atoms with van der Waals surface area (Å²) in [6.45, 7) is 8.92. The SMILES string of the molecule is CCOc1ccc(C2C3=C(CC(C)(C)CC3=O)Nc3nc(-c4ccccc4C)nn32)cc1. The number of aromatic nitrogens is 3. The summed E-state index contributed by atoms with van der Waals surface area (Å²) < 4.78 is 7.49. The first-order chi connectivity index (χ1) is 15.4. The lowest BCUT2D eigenvalue weighted by molar-refractivity contribution is -0.118. The first kappa shape index (κ1) is 20.5. The first-order valence-corrected chi connectivity index (χ1v) is 11.1. The maximum atomic E-state index is 13.4. The van der Waals surface area contributed by atoms with Crippen LogP contribution < -0.4 is 10.1 Å². The van der Waals surface area contributed by atoms with Crippen LogP contribution in [0.4, 0.5) is 5.95 Å². The van der Waals surface area contributed by atoms with Gasteiger partial charge in [0.05, 0.1) is 6.61 Å². The number of allylic oxidation sites excluding steroid dienone is 2. The molecule has 0 saturated carbocycles. The maximum absolute atomic E-state index is 13.4. The van der Waals surface area contributed by atoms with Crippen LogP contribution in [0.5, 0.6) is 5.75 Å². The van der Waals surface area contributed by atoms with E-state index in [1.807, 2.05) is 54.1 Å². The molecule has 0 spiro atoms. The van der Waals surface area contributed by atoms with Crippen LogP contribution in [0, 0.1) is 12.3 Å². The molecule has 1 N–H and O–H groups in total. The van der Waals surface area contributed by atoms with Gasteiger partial charge in [-0.15, -0.1) is 5.10 Å². The van der Waals surface area contributed by atoms with E-state index in [1.54, 1.807) is 0 Å². The second-order valence-corrected chi connectivity index (χ2v) is 9.38. The van der Waals surface area contributed by atoms with Gasteiger partial charge in [-0.25, -0.2) is 4.68 Å². The molecule has 5 rings (SSSR count). The zero-order valence-electron chi connectivity index (χ0n) is 19.0. The highest BCUT2D eigenvalue weighted by Gasteiger charge is 2.41. The second kappa shape index (κ2) is 7.62. The Morgan fingerprint density at radius 3 is 2.59 bits per heavy atom. The van der Waals surface area contributed by atoms with E-state index in [0.29, 0.717) is 24.8 Å². The third kappa shape index (κ3) is 3.49. The summed E-state index contributed by atoms with van der Waals surface area (Å²) in [6.07, 6.45) is 1.32. The molecule has 0 saturated heterocycles. The lowest BCUT2D eigenvalue weighted by Gasteiger charge is -2.38. The van der Waals surface area contributed by atoms with Crippen LogP contribution >= 0.6 is 0 Å². The number of fused-ring (bicyclic) bond motifs is 1. The van der Waals surface area contributed by atoms with E-state index in [0.717, 1.165) is 40.1 Å². The molecule has 1 aliphatic carbocycles. The molecule has 1 aliphatic heterocycles. The van der Waals surface area contributed by atoms with Gasteiger partial charge < -0.3 is 10.1 Å². The standard InChI is InChI=1S/C26H28N4O2/c1-5-32-18-12-10-17(11-13-18)23-22-20(14-26(3,4)15-21(22)31)27-25-28-24(29-30(23)25)19-9-7-6-8-16(19)2/h6-13,23H,5,14-15H2,1-4H3,(H,27,28,29). The van der Waals surface area contributed by atoms with Gasteiger partial charge >= 0.3 is 0 Å². The molecule has 0 bridgehead atoms. The molecule has 2 heterocycles. The van der Waals surface area contributed by atoms with Crippen molar-refractivity contribution >= 4 is 11.7 Å². The number of ether oxygens (including phenoxy) is 1. The van der Waals surface area contributed by atoms with Gasteiger partial charge in [0.1, 0.15) is 11.8 Å². The van der Waals surface area contributed by atoms with E-state index in [-0.39, 0.29) is 17.2 Å². The van der Waals surface area contributed by atoms with Gasteiger partial charge in [0.2, 0.25) is 5.95 Å². The van der Waals surface area contributed by atoms with Gasteiger partial charge in [0.25, 0.3) is 0 Å². The Morgan fingerprint density at radius 2 is 1.88 bits per heavy atom. The first-order valence-electron chi connectivity index (χ1n) is 11.1. The van der Waals surface area contributed by atoms with Gasteiger partial charge in [0, 0.05) is 23.3 Å². The largest absolute Gasteiger partial charge is 0.494 e. The molecule has 164 valence electrons. The number of carbonyl (C=O) groups excluding carboxylic acids is 1. The number of hydrogen-bond acceptors (Lipinski definition) is 5. The van der Waals surface area contributed by atoms with Crippen molar-refractivity contribution in [1.29, 1.82) is 0 Å². The van der Waals surface area contributed by atoms with E-state index in [1.165, 1.54) is 0 Å². The summed E-state index contributed by atoms with van der Waals surface area (Å²) in [5, 5.41) is 8.34. The maximum Gasteiger partial charge on any atom is 0.226 e. The van der Waals surface area contributed by atoms with Gasteiger partial charge in [-0.3, -0.25) is 4.79 Å². The van der Waals surface area contributed by atoms with Gasteiger partial charge in [0.15, 0.2) is 11.6 Å². The molecule has 1 atom stereocenters. The summed E-state index contributed by atoms with van der Waals surface area (Å²) in [5.41, 5.74) is 4.77. The molecule has 2 aliphatic rings. The molecule has 0 amide bonds. The number of benzene rings is 2. The molecule has 3 aromatic rings. The van der Waals surface area contributed by atoms with E-state index < -0.39 is 0 Å². The monoisotopic (exact) mass is 428 g/mol. The Labute approximate surface area is 188 Å². The van der Waals surface area contributed by atoms with Crippen molar-refractivity contribution in [2.75, 3.05) is 11.9 Å². The van der Waals surface area contributed by atoms with Crippen molar-refractivity contribution in [1.82, 2.24) is 14.8 Å². The van der Waals surface area contributed by atoms with Crippen LogP contribution in [0.15, 0.2) is 59.8 Å². The van der Waals surface area contributed by atoms with Crippen LogP contribution in [0.3, 0.4) is 0 Å². The average Bonchev–Trinajstić information content (AvgIpc) is 3.16. The third-order valence-electron chi connectivity index (χ3n) is 6.22. The quantitative estimate of drug-likeness (QED) is 0.610. The molecule has 6 heteroatoms. The molecule has 0 fully saturated rings. The Balaban J connectivity index is 1.65. The van der Waals surface area contributed by atoms with E-state index >= 15 is 0 Å². The van der Waals surface area contributed by atoms with Crippen LogP contribution in [-0.4, -0.2) is 27.2 Å². The van der Waals surface area contributed by atoms with E-state index in [9.17, 15) is 4.79 Å². The van der Waals surface area contributed by atoms with Crippen molar-refractivity contribution in [2.45, 2.75) is 46.6 Å². The normalized spacial score (nSPS) is 19.2. The molecule has 1 unspecified atom stereocenters. The molecule has 6 nitrogen and oxygen atoms in total. The van der Waals surface area contributed by atoms with Gasteiger partial charge in [-0.05, 0) is 48.9 Å². The van der Waals surface area contributed by atoms with Crippen molar-refractivity contribution in [2.24, 2.45) is 5.41 Å². The predicted octanol–water partition coefficient (Wildman–Crippen LogP) is 5.31. The summed E-state index contributed by atoms with van der Waals surface area (Å²) in [5.74, 6) is 2.32.